The van der Waals surface area contributed by atoms with Gasteiger partial charge < -0.3 is 14.3 Å². The van der Waals surface area contributed by atoms with Gasteiger partial charge in [0.2, 0.25) is 0 Å². The van der Waals surface area contributed by atoms with E-state index in [9.17, 15) is 5.11 Å². The molecule has 3 rings (SSSR count). The molecule has 1 fully saturated rings. The summed E-state index contributed by atoms with van der Waals surface area (Å²) in [5.41, 5.74) is 0.836. The minimum atomic E-state index is -0.532. The molecule has 0 saturated carbocycles. The number of para-hydroxylation sites is 1. The average Bonchev–Trinajstić information content (AvgIpc) is 2.90. The van der Waals surface area contributed by atoms with Crippen LogP contribution in [0.25, 0.3) is 11.0 Å². The van der Waals surface area contributed by atoms with E-state index < -0.39 is 6.10 Å². The molecule has 4 nitrogen and oxygen atoms in total. The van der Waals surface area contributed by atoms with Crippen molar-refractivity contribution in [1.29, 1.82) is 0 Å². The van der Waals surface area contributed by atoms with E-state index in [4.69, 9.17) is 9.15 Å². The van der Waals surface area contributed by atoms with Crippen LogP contribution in [0.4, 0.5) is 0 Å². The smallest absolute Gasteiger partial charge is 0.134 e. The fourth-order valence-corrected chi connectivity index (χ4v) is 2.44. The van der Waals surface area contributed by atoms with Crippen molar-refractivity contribution < 1.29 is 14.3 Å². The van der Waals surface area contributed by atoms with Crippen LogP contribution >= 0.6 is 0 Å². The summed E-state index contributed by atoms with van der Waals surface area (Å²) in [6, 6.07) is 9.77. The van der Waals surface area contributed by atoms with Gasteiger partial charge in [-0.05, 0) is 18.6 Å². The second-order valence-corrected chi connectivity index (χ2v) is 4.95. The van der Waals surface area contributed by atoms with Crippen molar-refractivity contribution >= 4 is 11.0 Å². The Morgan fingerprint density at radius 3 is 2.79 bits per heavy atom. The third kappa shape index (κ3) is 2.97. The summed E-state index contributed by atoms with van der Waals surface area (Å²) in [5, 5.41) is 11.2. The van der Waals surface area contributed by atoms with Crippen LogP contribution < -0.4 is 0 Å². The van der Waals surface area contributed by atoms with Gasteiger partial charge in [0.05, 0.1) is 13.2 Å². The zero-order valence-corrected chi connectivity index (χ0v) is 10.9. The number of furan rings is 1. The lowest BCUT2D eigenvalue weighted by atomic mass is 10.1. The third-order valence-corrected chi connectivity index (χ3v) is 3.60. The summed E-state index contributed by atoms with van der Waals surface area (Å²) < 4.78 is 11.0. The Balaban J connectivity index is 1.61. The van der Waals surface area contributed by atoms with E-state index in [0.717, 1.165) is 43.8 Å². The Hall–Kier alpha value is -1.36. The summed E-state index contributed by atoms with van der Waals surface area (Å²) >= 11 is 0. The van der Waals surface area contributed by atoms with E-state index in [1.807, 2.05) is 30.3 Å². The predicted molar refractivity (Wildman–Crippen MR) is 73.0 cm³/mol. The molecule has 1 atom stereocenters. The Kier molecular flexibility index (Phi) is 3.82. The maximum absolute atomic E-state index is 10.2. The van der Waals surface area contributed by atoms with Gasteiger partial charge in [0, 0.05) is 25.0 Å². The van der Waals surface area contributed by atoms with Crippen molar-refractivity contribution in [2.24, 2.45) is 0 Å². The van der Waals surface area contributed by atoms with Gasteiger partial charge in [0.1, 0.15) is 17.4 Å². The van der Waals surface area contributed by atoms with E-state index in [1.165, 1.54) is 0 Å². The van der Waals surface area contributed by atoms with Crippen LogP contribution in [0.1, 0.15) is 18.3 Å². The van der Waals surface area contributed by atoms with Crippen LogP contribution in [0.3, 0.4) is 0 Å². The molecule has 0 spiro atoms. The number of hydrogen-bond donors (Lipinski definition) is 1. The molecule has 1 aromatic heterocycles. The summed E-state index contributed by atoms with van der Waals surface area (Å²) in [7, 11) is 0. The number of hydrogen-bond acceptors (Lipinski definition) is 4. The van der Waals surface area contributed by atoms with Crippen LogP contribution in [0.15, 0.2) is 34.7 Å². The molecular weight excluding hydrogens is 242 g/mol. The Bertz CT molecular complexity index is 498. The Morgan fingerprint density at radius 1 is 1.21 bits per heavy atom. The minimum absolute atomic E-state index is 0.532. The van der Waals surface area contributed by atoms with E-state index in [0.29, 0.717) is 12.2 Å². The minimum Gasteiger partial charge on any atom is -0.458 e. The van der Waals surface area contributed by atoms with E-state index in [1.54, 1.807) is 0 Å². The van der Waals surface area contributed by atoms with Gasteiger partial charge in [-0.25, -0.2) is 0 Å². The van der Waals surface area contributed by atoms with Gasteiger partial charge in [-0.1, -0.05) is 18.2 Å². The highest BCUT2D eigenvalue weighted by molar-refractivity contribution is 5.77. The van der Waals surface area contributed by atoms with Crippen molar-refractivity contribution in [1.82, 2.24) is 4.90 Å². The van der Waals surface area contributed by atoms with Crippen LogP contribution in [-0.4, -0.2) is 42.9 Å². The first-order valence-corrected chi connectivity index (χ1v) is 6.79. The standard InChI is InChI=1S/C15H19NO3/c17-13(5-6-16-7-9-18-10-8-16)15-11-12-3-1-2-4-14(12)19-15/h1-4,11,13,17H,5-10H2. The summed E-state index contributed by atoms with van der Waals surface area (Å²) in [5.74, 6) is 0.662. The van der Waals surface area contributed by atoms with Crippen LogP contribution in [0.5, 0.6) is 0 Å². The van der Waals surface area contributed by atoms with Crippen LogP contribution in [0.2, 0.25) is 0 Å². The molecule has 0 radical (unpaired) electrons. The van der Waals surface area contributed by atoms with Gasteiger partial charge in [0.15, 0.2) is 0 Å². The van der Waals surface area contributed by atoms with E-state index in [2.05, 4.69) is 4.90 Å². The molecule has 1 unspecified atom stereocenters. The highest BCUT2D eigenvalue weighted by Crippen LogP contribution is 2.25. The number of ether oxygens (including phenoxy) is 1. The molecule has 0 amide bonds. The van der Waals surface area contributed by atoms with Gasteiger partial charge in [-0.2, -0.15) is 0 Å². The van der Waals surface area contributed by atoms with E-state index >= 15 is 0 Å². The molecule has 4 heteroatoms. The van der Waals surface area contributed by atoms with Crippen molar-refractivity contribution in [2.45, 2.75) is 12.5 Å². The first kappa shape index (κ1) is 12.7. The van der Waals surface area contributed by atoms with Crippen LogP contribution in [0, 0.1) is 0 Å². The largest absolute Gasteiger partial charge is 0.458 e. The number of aliphatic hydroxyl groups is 1. The molecule has 0 aliphatic carbocycles. The van der Waals surface area contributed by atoms with Gasteiger partial charge in [-0.3, -0.25) is 4.90 Å². The topological polar surface area (TPSA) is 45.8 Å². The fraction of sp³-hybridized carbons (Fsp3) is 0.467. The highest BCUT2D eigenvalue weighted by atomic mass is 16.5. The zero-order chi connectivity index (χ0) is 13.1. The first-order chi connectivity index (χ1) is 9.33. The predicted octanol–water partition coefficient (Wildman–Crippen LogP) is 2.19. The first-order valence-electron chi connectivity index (χ1n) is 6.79. The fourth-order valence-electron chi connectivity index (χ4n) is 2.44. The molecule has 0 bridgehead atoms. The lowest BCUT2D eigenvalue weighted by Gasteiger charge is -2.27. The number of aliphatic hydroxyl groups excluding tert-OH is 1. The van der Waals surface area contributed by atoms with Gasteiger partial charge >= 0.3 is 0 Å². The second kappa shape index (κ2) is 5.74. The molecule has 102 valence electrons. The summed E-state index contributed by atoms with van der Waals surface area (Å²) in [6.07, 6.45) is 0.162. The highest BCUT2D eigenvalue weighted by Gasteiger charge is 2.16. The molecular formula is C15H19NO3. The molecule has 1 aliphatic heterocycles. The number of nitrogens with zero attached hydrogens (tertiary/aromatic N) is 1. The number of benzene rings is 1. The Morgan fingerprint density at radius 2 is 2.00 bits per heavy atom. The maximum atomic E-state index is 10.2. The summed E-state index contributed by atoms with van der Waals surface area (Å²) in [6.45, 7) is 4.36. The number of rotatable bonds is 4. The monoisotopic (exact) mass is 261 g/mol. The zero-order valence-electron chi connectivity index (χ0n) is 10.9. The van der Waals surface area contributed by atoms with Crippen molar-refractivity contribution in [3.63, 3.8) is 0 Å². The normalized spacial score (nSPS) is 18.8. The summed E-state index contributed by atoms with van der Waals surface area (Å²) in [4.78, 5) is 2.31. The van der Waals surface area contributed by atoms with Gasteiger partial charge in [0.25, 0.3) is 0 Å². The third-order valence-electron chi connectivity index (χ3n) is 3.60. The van der Waals surface area contributed by atoms with E-state index in [-0.39, 0.29) is 0 Å². The molecule has 2 aromatic rings. The second-order valence-electron chi connectivity index (χ2n) is 4.95. The SMILES string of the molecule is OC(CCN1CCOCC1)c1cc2ccccc2o1. The molecule has 1 saturated heterocycles. The van der Waals surface area contributed by atoms with Gasteiger partial charge in [-0.15, -0.1) is 0 Å². The maximum Gasteiger partial charge on any atom is 0.134 e. The molecule has 1 aromatic carbocycles. The average molecular weight is 261 g/mol. The lowest BCUT2D eigenvalue weighted by Crippen LogP contribution is -2.37. The van der Waals surface area contributed by atoms with Crippen molar-refractivity contribution in [3.8, 4) is 0 Å². The molecule has 2 heterocycles. The lowest BCUT2D eigenvalue weighted by molar-refractivity contribution is 0.0284. The molecule has 19 heavy (non-hydrogen) atoms. The van der Waals surface area contributed by atoms with Crippen LogP contribution in [-0.2, 0) is 4.74 Å². The quantitative estimate of drug-likeness (QED) is 0.916. The molecule has 1 N–H and O–H groups in total. The van der Waals surface area contributed by atoms with Crippen molar-refractivity contribution in [2.75, 3.05) is 32.8 Å². The number of morpholine rings is 1. The number of fused-ring (bicyclic) bond motifs is 1. The van der Waals surface area contributed by atoms with Crippen molar-refractivity contribution in [3.05, 3.63) is 36.1 Å². The Labute approximate surface area is 112 Å². The molecule has 1 aliphatic rings.